The summed E-state index contributed by atoms with van der Waals surface area (Å²) in [6.45, 7) is 12.0. The Bertz CT molecular complexity index is 220. The van der Waals surface area contributed by atoms with Gasteiger partial charge in [0.2, 0.25) is 0 Å². The molecule has 3 nitrogen and oxygen atoms in total. The third-order valence-corrected chi connectivity index (χ3v) is 2.98. The van der Waals surface area contributed by atoms with E-state index >= 15 is 0 Å². The molecule has 0 aromatic heterocycles. The van der Waals surface area contributed by atoms with Crippen LogP contribution in [0.15, 0.2) is 0 Å². The van der Waals surface area contributed by atoms with E-state index in [1.807, 2.05) is 27.7 Å². The van der Waals surface area contributed by atoms with Crippen LogP contribution in [0.5, 0.6) is 0 Å². The fourth-order valence-corrected chi connectivity index (χ4v) is 1.78. The lowest BCUT2D eigenvalue weighted by molar-refractivity contribution is -0.0643. The summed E-state index contributed by atoms with van der Waals surface area (Å²) in [4.78, 5) is 11.8. The molecule has 0 aliphatic carbocycles. The highest BCUT2D eigenvalue weighted by molar-refractivity contribution is 5.61. The molecule has 3 heteroatoms. The van der Waals surface area contributed by atoms with Gasteiger partial charge in [0, 0.05) is 0 Å². The zero-order valence-corrected chi connectivity index (χ0v) is 13.0. The Balaban J connectivity index is 4.16. The molecule has 0 saturated heterocycles. The van der Waals surface area contributed by atoms with Crippen molar-refractivity contribution in [3.63, 3.8) is 0 Å². The van der Waals surface area contributed by atoms with Crippen molar-refractivity contribution in [1.29, 1.82) is 0 Å². The smallest absolute Gasteiger partial charge is 0.428 e. The standard InChI is InChI=1S/C15H30O3/c1-7-9-11-14(3,4)17-13(16)18-15(5,6)12-10-8-2/h7-12H2,1-6H3. The molecule has 0 amide bonds. The van der Waals surface area contributed by atoms with E-state index in [1.165, 1.54) is 0 Å². The first-order chi connectivity index (χ1) is 8.22. The van der Waals surface area contributed by atoms with Crippen LogP contribution in [0.1, 0.15) is 80.1 Å². The van der Waals surface area contributed by atoms with E-state index in [2.05, 4.69) is 13.8 Å². The molecule has 0 radical (unpaired) electrons. The summed E-state index contributed by atoms with van der Waals surface area (Å²) in [5.74, 6) is 0. The first kappa shape index (κ1) is 17.3. The summed E-state index contributed by atoms with van der Waals surface area (Å²) in [5, 5.41) is 0. The maximum absolute atomic E-state index is 11.8. The zero-order valence-electron chi connectivity index (χ0n) is 13.0. The number of carbonyl (C=O) groups is 1. The molecule has 0 bridgehead atoms. The predicted molar refractivity (Wildman–Crippen MR) is 74.8 cm³/mol. The van der Waals surface area contributed by atoms with Gasteiger partial charge in [0.15, 0.2) is 0 Å². The van der Waals surface area contributed by atoms with Crippen molar-refractivity contribution in [3.8, 4) is 0 Å². The molecule has 0 spiro atoms. The van der Waals surface area contributed by atoms with E-state index in [4.69, 9.17) is 9.47 Å². The number of unbranched alkanes of at least 4 members (excludes halogenated alkanes) is 2. The maximum atomic E-state index is 11.8. The molecule has 0 fully saturated rings. The highest BCUT2D eigenvalue weighted by atomic mass is 16.7. The van der Waals surface area contributed by atoms with Gasteiger partial charge in [-0.25, -0.2) is 4.79 Å². The average Bonchev–Trinajstić information content (AvgIpc) is 2.22. The lowest BCUT2D eigenvalue weighted by atomic mass is 10.0. The van der Waals surface area contributed by atoms with Crippen LogP contribution in [-0.4, -0.2) is 17.4 Å². The SMILES string of the molecule is CCCCC(C)(C)OC(=O)OC(C)(C)CCCC. The number of hydrogen-bond donors (Lipinski definition) is 0. The topological polar surface area (TPSA) is 35.5 Å². The highest BCUT2D eigenvalue weighted by Crippen LogP contribution is 2.23. The van der Waals surface area contributed by atoms with E-state index in [0.717, 1.165) is 38.5 Å². The van der Waals surface area contributed by atoms with Crippen LogP contribution >= 0.6 is 0 Å². The van der Waals surface area contributed by atoms with Gasteiger partial charge in [-0.05, 0) is 53.4 Å². The van der Waals surface area contributed by atoms with Gasteiger partial charge in [0.1, 0.15) is 11.2 Å². The van der Waals surface area contributed by atoms with Gasteiger partial charge in [-0.1, -0.05) is 26.7 Å². The fraction of sp³-hybridized carbons (Fsp3) is 0.933. The van der Waals surface area contributed by atoms with Crippen LogP contribution in [0.3, 0.4) is 0 Å². The molecule has 0 aliphatic rings. The van der Waals surface area contributed by atoms with Crippen LogP contribution in [0.4, 0.5) is 4.79 Å². The van der Waals surface area contributed by atoms with Crippen molar-refractivity contribution < 1.29 is 14.3 Å². The van der Waals surface area contributed by atoms with Crippen LogP contribution in [0.2, 0.25) is 0 Å². The number of ether oxygens (including phenoxy) is 2. The Morgan fingerprint density at radius 2 is 1.17 bits per heavy atom. The zero-order chi connectivity index (χ0) is 14.2. The van der Waals surface area contributed by atoms with Crippen LogP contribution in [0, 0.1) is 0 Å². The first-order valence-corrected chi connectivity index (χ1v) is 7.14. The van der Waals surface area contributed by atoms with Gasteiger partial charge < -0.3 is 9.47 Å². The van der Waals surface area contributed by atoms with Crippen molar-refractivity contribution in [2.75, 3.05) is 0 Å². The monoisotopic (exact) mass is 258 g/mol. The maximum Gasteiger partial charge on any atom is 0.509 e. The van der Waals surface area contributed by atoms with Crippen LogP contribution in [0.25, 0.3) is 0 Å². The van der Waals surface area contributed by atoms with E-state index in [0.29, 0.717) is 0 Å². The molecule has 0 N–H and O–H groups in total. The highest BCUT2D eigenvalue weighted by Gasteiger charge is 2.28. The predicted octanol–water partition coefficient (Wildman–Crippen LogP) is 5.08. The van der Waals surface area contributed by atoms with Crippen molar-refractivity contribution >= 4 is 6.16 Å². The molecule has 0 saturated carbocycles. The number of rotatable bonds is 8. The molecule has 0 heterocycles. The Hall–Kier alpha value is -0.730. The minimum absolute atomic E-state index is 0.437. The van der Waals surface area contributed by atoms with Gasteiger partial charge in [-0.15, -0.1) is 0 Å². The van der Waals surface area contributed by atoms with Gasteiger partial charge >= 0.3 is 6.16 Å². The van der Waals surface area contributed by atoms with Crippen molar-refractivity contribution in [3.05, 3.63) is 0 Å². The summed E-state index contributed by atoms with van der Waals surface area (Å²) in [5.41, 5.74) is -0.873. The molecule has 0 rings (SSSR count). The summed E-state index contributed by atoms with van der Waals surface area (Å²) in [6.07, 6.45) is 5.51. The number of carbonyl (C=O) groups excluding carboxylic acids is 1. The van der Waals surface area contributed by atoms with Crippen LogP contribution in [-0.2, 0) is 9.47 Å². The quantitative estimate of drug-likeness (QED) is 0.570. The summed E-state index contributed by atoms with van der Waals surface area (Å²) < 4.78 is 10.8. The van der Waals surface area contributed by atoms with Crippen LogP contribution < -0.4 is 0 Å². The van der Waals surface area contributed by atoms with Crippen molar-refractivity contribution in [1.82, 2.24) is 0 Å². The van der Waals surface area contributed by atoms with Crippen molar-refractivity contribution in [2.24, 2.45) is 0 Å². The van der Waals surface area contributed by atoms with Gasteiger partial charge in [-0.3, -0.25) is 0 Å². The summed E-state index contributed by atoms with van der Waals surface area (Å²) in [7, 11) is 0. The Morgan fingerprint density at radius 3 is 1.44 bits per heavy atom. The molecule has 0 aliphatic heterocycles. The minimum Gasteiger partial charge on any atom is -0.428 e. The summed E-state index contributed by atoms with van der Waals surface area (Å²) >= 11 is 0. The average molecular weight is 258 g/mol. The third kappa shape index (κ3) is 8.37. The second-order valence-electron chi connectivity index (χ2n) is 6.18. The molecule has 108 valence electrons. The normalized spacial score (nSPS) is 12.3. The Morgan fingerprint density at radius 1 is 0.833 bits per heavy atom. The first-order valence-electron chi connectivity index (χ1n) is 7.14. The van der Waals surface area contributed by atoms with Crippen molar-refractivity contribution in [2.45, 2.75) is 91.3 Å². The number of hydrogen-bond acceptors (Lipinski definition) is 3. The largest absolute Gasteiger partial charge is 0.509 e. The molecule has 18 heavy (non-hydrogen) atoms. The van der Waals surface area contributed by atoms with Gasteiger partial charge in [-0.2, -0.15) is 0 Å². The molecular weight excluding hydrogens is 228 g/mol. The van der Waals surface area contributed by atoms with E-state index in [-0.39, 0.29) is 0 Å². The molecule has 0 atom stereocenters. The Kier molecular flexibility index (Phi) is 7.34. The molecule has 0 unspecified atom stereocenters. The molecular formula is C15H30O3. The third-order valence-electron chi connectivity index (χ3n) is 2.98. The second-order valence-corrected chi connectivity index (χ2v) is 6.18. The molecule has 0 aromatic rings. The van der Waals surface area contributed by atoms with Gasteiger partial charge in [0.25, 0.3) is 0 Å². The minimum atomic E-state index is -0.544. The van der Waals surface area contributed by atoms with E-state index in [9.17, 15) is 4.79 Å². The van der Waals surface area contributed by atoms with E-state index < -0.39 is 17.4 Å². The lowest BCUT2D eigenvalue weighted by Gasteiger charge is -2.29. The lowest BCUT2D eigenvalue weighted by Crippen LogP contribution is -2.34. The van der Waals surface area contributed by atoms with Gasteiger partial charge in [0.05, 0.1) is 0 Å². The molecule has 0 aromatic carbocycles. The second kappa shape index (κ2) is 7.65. The van der Waals surface area contributed by atoms with E-state index in [1.54, 1.807) is 0 Å². The summed E-state index contributed by atoms with van der Waals surface area (Å²) in [6, 6.07) is 0. The fourth-order valence-electron chi connectivity index (χ4n) is 1.78. The Labute approximate surface area is 112 Å².